The van der Waals surface area contributed by atoms with E-state index in [1.807, 2.05) is 12.1 Å². The number of aliphatic hydroxyl groups is 1. The van der Waals surface area contributed by atoms with E-state index in [9.17, 15) is 9.18 Å². The number of aromatic amines is 1. The highest BCUT2D eigenvalue weighted by Crippen LogP contribution is 2.22. The maximum Gasteiger partial charge on any atom is 0.238 e. The van der Waals surface area contributed by atoms with E-state index in [2.05, 4.69) is 20.6 Å². The van der Waals surface area contributed by atoms with Gasteiger partial charge in [-0.25, -0.2) is 9.37 Å². The van der Waals surface area contributed by atoms with Gasteiger partial charge in [-0.3, -0.25) is 4.79 Å². The van der Waals surface area contributed by atoms with Crippen molar-refractivity contribution in [2.45, 2.75) is 6.42 Å². The zero-order chi connectivity index (χ0) is 17.6. The number of nitrogens with one attached hydrogen (secondary N) is 3. The smallest absolute Gasteiger partial charge is 0.238 e. The van der Waals surface area contributed by atoms with Crippen molar-refractivity contribution >= 4 is 22.6 Å². The van der Waals surface area contributed by atoms with Gasteiger partial charge in [-0.1, -0.05) is 6.07 Å². The number of fused-ring (bicyclic) bond motifs is 1. The maximum atomic E-state index is 14.4. The molecule has 0 fully saturated rings. The Kier molecular flexibility index (Phi) is 5.37. The molecule has 0 saturated carbocycles. The number of rotatable bonds is 7. The third kappa shape index (κ3) is 4.20. The molecular weight excluding hydrogens is 323 g/mol. The second-order valence-electron chi connectivity index (χ2n) is 5.64. The summed E-state index contributed by atoms with van der Waals surface area (Å²) in [6.45, 7) is 0.354. The van der Waals surface area contributed by atoms with Crippen LogP contribution in [0.4, 0.5) is 10.1 Å². The Labute approximate surface area is 144 Å². The molecular formula is C18H19FN4O2. The van der Waals surface area contributed by atoms with Gasteiger partial charge in [-0.05, 0) is 35.4 Å². The average molecular weight is 342 g/mol. The van der Waals surface area contributed by atoms with Crippen LogP contribution in [-0.4, -0.2) is 40.7 Å². The van der Waals surface area contributed by atoms with Crippen LogP contribution in [0.15, 0.2) is 42.7 Å². The molecule has 0 atom stereocenters. The van der Waals surface area contributed by atoms with Gasteiger partial charge in [0.05, 0.1) is 13.2 Å². The molecule has 0 radical (unpaired) electrons. The summed E-state index contributed by atoms with van der Waals surface area (Å²) in [7, 11) is 0. The predicted octanol–water partition coefficient (Wildman–Crippen LogP) is 1.81. The summed E-state index contributed by atoms with van der Waals surface area (Å²) in [6, 6.07) is 8.46. The van der Waals surface area contributed by atoms with Gasteiger partial charge < -0.3 is 20.7 Å². The molecule has 2 aromatic heterocycles. The van der Waals surface area contributed by atoms with Crippen molar-refractivity contribution in [1.29, 1.82) is 0 Å². The number of nitrogens with zero attached hydrogens (tertiary/aromatic N) is 1. The van der Waals surface area contributed by atoms with Gasteiger partial charge in [0, 0.05) is 36.4 Å². The molecule has 0 aliphatic heterocycles. The number of pyridine rings is 1. The molecule has 0 unspecified atom stereocenters. The van der Waals surface area contributed by atoms with Gasteiger partial charge >= 0.3 is 0 Å². The lowest BCUT2D eigenvalue weighted by Crippen LogP contribution is -2.29. The van der Waals surface area contributed by atoms with Crippen LogP contribution in [0.2, 0.25) is 0 Å². The fourth-order valence-corrected chi connectivity index (χ4v) is 2.63. The summed E-state index contributed by atoms with van der Waals surface area (Å²) in [6.07, 6.45) is 3.94. The molecule has 0 spiro atoms. The van der Waals surface area contributed by atoms with Crippen LogP contribution in [0.1, 0.15) is 11.1 Å². The number of carbonyl (C=O) groups is 1. The molecule has 0 aliphatic carbocycles. The molecule has 6 nitrogen and oxygen atoms in total. The Bertz CT molecular complexity index is 878. The molecule has 130 valence electrons. The topological polar surface area (TPSA) is 90.0 Å². The fraction of sp³-hybridized carbons (Fsp3) is 0.222. The summed E-state index contributed by atoms with van der Waals surface area (Å²) in [5.41, 5.74) is 2.70. The molecule has 1 amide bonds. The number of hydrogen-bond donors (Lipinski definition) is 4. The molecule has 2 heterocycles. The summed E-state index contributed by atoms with van der Waals surface area (Å²) in [4.78, 5) is 19.0. The predicted molar refractivity (Wildman–Crippen MR) is 93.9 cm³/mol. The van der Waals surface area contributed by atoms with E-state index in [0.29, 0.717) is 24.2 Å². The minimum absolute atomic E-state index is 0.0416. The summed E-state index contributed by atoms with van der Waals surface area (Å²) >= 11 is 0. The van der Waals surface area contributed by atoms with Crippen LogP contribution < -0.4 is 10.6 Å². The highest BCUT2D eigenvalue weighted by atomic mass is 19.1. The fourth-order valence-electron chi connectivity index (χ4n) is 2.63. The van der Waals surface area contributed by atoms with E-state index in [1.165, 1.54) is 6.07 Å². The Morgan fingerprint density at radius 3 is 2.92 bits per heavy atom. The van der Waals surface area contributed by atoms with Gasteiger partial charge in [0.2, 0.25) is 5.91 Å². The molecule has 3 rings (SSSR count). The van der Waals surface area contributed by atoms with Gasteiger partial charge in [0.1, 0.15) is 11.5 Å². The average Bonchev–Trinajstić information content (AvgIpc) is 3.07. The zero-order valence-corrected chi connectivity index (χ0v) is 13.6. The third-order valence-corrected chi connectivity index (χ3v) is 3.84. The molecule has 7 heteroatoms. The van der Waals surface area contributed by atoms with Crippen LogP contribution in [0.25, 0.3) is 11.0 Å². The highest BCUT2D eigenvalue weighted by molar-refractivity contribution is 5.92. The standard InChI is InChI=1S/C18H19FN4O2/c19-16-10-14(23-17(25)11-20-7-8-24)2-1-13(16)9-12-3-5-21-18-15(12)4-6-22-18/h1-6,10,20,24H,7-9,11H2,(H,21,22)(H,23,25). The highest BCUT2D eigenvalue weighted by Gasteiger charge is 2.09. The quantitative estimate of drug-likeness (QED) is 0.493. The Hall–Kier alpha value is -2.77. The van der Waals surface area contributed by atoms with E-state index in [-0.39, 0.29) is 24.9 Å². The summed E-state index contributed by atoms with van der Waals surface area (Å²) < 4.78 is 14.4. The van der Waals surface area contributed by atoms with Gasteiger partial charge in [0.25, 0.3) is 0 Å². The van der Waals surface area contributed by atoms with Crippen LogP contribution in [-0.2, 0) is 11.2 Å². The van der Waals surface area contributed by atoms with E-state index in [1.54, 1.807) is 24.5 Å². The molecule has 0 bridgehead atoms. The van der Waals surface area contributed by atoms with Crippen molar-refractivity contribution in [3.8, 4) is 0 Å². The number of amides is 1. The molecule has 25 heavy (non-hydrogen) atoms. The zero-order valence-electron chi connectivity index (χ0n) is 13.6. The van der Waals surface area contributed by atoms with E-state index in [0.717, 1.165) is 16.6 Å². The second kappa shape index (κ2) is 7.87. The van der Waals surface area contributed by atoms with Crippen LogP contribution >= 0.6 is 0 Å². The van der Waals surface area contributed by atoms with E-state index in [4.69, 9.17) is 5.11 Å². The minimum atomic E-state index is -0.374. The number of hydrogen-bond acceptors (Lipinski definition) is 4. The van der Waals surface area contributed by atoms with Crippen molar-refractivity contribution < 1.29 is 14.3 Å². The first-order chi connectivity index (χ1) is 12.2. The van der Waals surface area contributed by atoms with Crippen molar-refractivity contribution in [2.24, 2.45) is 0 Å². The lowest BCUT2D eigenvalue weighted by Gasteiger charge is -2.09. The van der Waals surface area contributed by atoms with Crippen molar-refractivity contribution in [3.63, 3.8) is 0 Å². The third-order valence-electron chi connectivity index (χ3n) is 3.84. The largest absolute Gasteiger partial charge is 0.395 e. The monoisotopic (exact) mass is 342 g/mol. The Morgan fingerprint density at radius 2 is 2.12 bits per heavy atom. The summed E-state index contributed by atoms with van der Waals surface area (Å²) in [5, 5.41) is 15.0. The van der Waals surface area contributed by atoms with Crippen molar-refractivity contribution in [3.05, 3.63) is 59.7 Å². The minimum Gasteiger partial charge on any atom is -0.395 e. The Balaban J connectivity index is 1.70. The lowest BCUT2D eigenvalue weighted by atomic mass is 10.0. The second-order valence-corrected chi connectivity index (χ2v) is 5.64. The van der Waals surface area contributed by atoms with Gasteiger partial charge in [-0.15, -0.1) is 0 Å². The number of benzene rings is 1. The number of H-pyrrole nitrogens is 1. The molecule has 0 aliphatic rings. The number of carbonyl (C=O) groups excluding carboxylic acids is 1. The number of anilines is 1. The van der Waals surface area contributed by atoms with Crippen LogP contribution in [0, 0.1) is 5.82 Å². The number of aliphatic hydroxyl groups excluding tert-OH is 1. The normalized spacial score (nSPS) is 11.0. The molecule has 0 saturated heterocycles. The number of halogens is 1. The molecule has 4 N–H and O–H groups in total. The van der Waals surface area contributed by atoms with Gasteiger partial charge in [-0.2, -0.15) is 0 Å². The molecule has 1 aromatic carbocycles. The number of aromatic nitrogens is 2. The Morgan fingerprint density at radius 1 is 1.24 bits per heavy atom. The van der Waals surface area contributed by atoms with Crippen LogP contribution in [0.5, 0.6) is 0 Å². The van der Waals surface area contributed by atoms with Crippen molar-refractivity contribution in [1.82, 2.24) is 15.3 Å². The lowest BCUT2D eigenvalue weighted by molar-refractivity contribution is -0.115. The SMILES string of the molecule is O=C(CNCCO)Nc1ccc(Cc2ccnc3[nH]ccc23)c(F)c1. The summed E-state index contributed by atoms with van der Waals surface area (Å²) in [5.74, 6) is -0.662. The first-order valence-corrected chi connectivity index (χ1v) is 7.98. The maximum absolute atomic E-state index is 14.4. The van der Waals surface area contributed by atoms with Crippen molar-refractivity contribution in [2.75, 3.05) is 25.0 Å². The molecule has 3 aromatic rings. The first kappa shape index (κ1) is 17.1. The van der Waals surface area contributed by atoms with E-state index < -0.39 is 0 Å². The van der Waals surface area contributed by atoms with E-state index >= 15 is 0 Å². The van der Waals surface area contributed by atoms with Crippen LogP contribution in [0.3, 0.4) is 0 Å². The first-order valence-electron chi connectivity index (χ1n) is 7.98. The van der Waals surface area contributed by atoms with Gasteiger partial charge in [0.15, 0.2) is 0 Å².